The molecule has 1 aliphatic heterocycles. The van der Waals surface area contributed by atoms with Gasteiger partial charge in [-0.15, -0.1) is 0 Å². The molecule has 1 rings (SSSR count). The molecule has 1 aliphatic rings. The lowest BCUT2D eigenvalue weighted by molar-refractivity contribution is 0.375. The molecule has 1 fully saturated rings. The Labute approximate surface area is 54.6 Å². The first-order valence-electron chi connectivity index (χ1n) is 2.13. The first kappa shape index (κ1) is 8.11. The molecule has 0 spiro atoms. The van der Waals surface area contributed by atoms with E-state index in [0.29, 0.717) is 0 Å². The Bertz CT molecular complexity index is 126. The van der Waals surface area contributed by atoms with Gasteiger partial charge in [0.1, 0.15) is 0 Å². The summed E-state index contributed by atoms with van der Waals surface area (Å²) in [6.07, 6.45) is 0. The lowest BCUT2D eigenvalue weighted by atomic mass is 11.6. The third-order valence-electron chi connectivity index (χ3n) is 1.10. The molecule has 0 aromatic rings. The van der Waals surface area contributed by atoms with Gasteiger partial charge in [0.15, 0.2) is 0 Å². The van der Waals surface area contributed by atoms with Gasteiger partial charge in [0.05, 0.1) is 0 Å². The lowest BCUT2D eigenvalue weighted by Crippen LogP contribution is -2.67. The van der Waals surface area contributed by atoms with Crippen LogP contribution in [0.5, 0.6) is 0 Å². The van der Waals surface area contributed by atoms with E-state index in [-0.39, 0.29) is 0 Å². The largest absolute Gasteiger partial charge is 0.508 e. The van der Waals surface area contributed by atoms with Gasteiger partial charge in [0.25, 0.3) is 10.8 Å². The highest BCUT2D eigenvalue weighted by molar-refractivity contribution is 7.16. The molecule has 0 unspecified atom stereocenters. The third-order valence-corrected chi connectivity index (χ3v) is 7.08. The van der Waals surface area contributed by atoms with E-state index in [0.717, 1.165) is 0 Å². The van der Waals surface area contributed by atoms with Crippen LogP contribution in [-0.2, 0) is 0 Å². The van der Waals surface area contributed by atoms with Gasteiger partial charge in [-0.3, -0.25) is 16.4 Å². The molecule has 0 aromatic carbocycles. The van der Waals surface area contributed by atoms with Crippen LogP contribution in [-0.4, -0.2) is 17.5 Å². The predicted octanol–water partition coefficient (Wildman–Crippen LogP) is 1.92. The molecule has 0 nitrogen and oxygen atoms in total. The summed E-state index contributed by atoms with van der Waals surface area (Å²) in [6.45, 7) is 0. The molecule has 0 atom stereocenters. The zero-order valence-corrected chi connectivity index (χ0v) is 6.27. The first-order valence-corrected chi connectivity index (χ1v) is 5.65. The Morgan fingerprint density at radius 1 is 0.700 bits per heavy atom. The van der Waals surface area contributed by atoms with Crippen molar-refractivity contribution in [1.82, 2.24) is 0 Å². The van der Waals surface area contributed by atoms with Crippen LogP contribution in [0.3, 0.4) is 0 Å². The fourth-order valence-corrected chi connectivity index (χ4v) is 4.51. The number of halogens is 6. The Balaban J connectivity index is 2.78. The maximum Gasteiger partial charge on any atom is 0.508 e. The Kier molecular flexibility index (Phi) is 1.45. The van der Waals surface area contributed by atoms with Crippen LogP contribution in [0.25, 0.3) is 0 Å². The van der Waals surface area contributed by atoms with Gasteiger partial charge in [-0.25, -0.2) is 8.78 Å². The second kappa shape index (κ2) is 1.78. The number of hydrogen-bond donors (Lipinski definition) is 0. The van der Waals surface area contributed by atoms with Crippen molar-refractivity contribution in [2.24, 2.45) is 0 Å². The topological polar surface area (TPSA) is 0 Å². The van der Waals surface area contributed by atoms with Gasteiger partial charge in [-0.05, 0) is 0 Å². The number of rotatable bonds is 0. The van der Waals surface area contributed by atoms with Crippen molar-refractivity contribution in [3.63, 3.8) is 0 Å². The zero-order chi connectivity index (χ0) is 8.15. The smallest absolute Gasteiger partial charge is 0.264 e. The van der Waals surface area contributed by atoms with Crippen LogP contribution in [0.2, 0.25) is 0 Å². The van der Waals surface area contributed by atoms with Crippen LogP contribution < -0.4 is 0 Å². The van der Waals surface area contributed by atoms with Gasteiger partial charge in [0, 0.05) is 0 Å². The minimum Gasteiger partial charge on any atom is -0.264 e. The summed E-state index contributed by atoms with van der Waals surface area (Å²) in [7, 11) is -12.0. The second-order valence-corrected chi connectivity index (χ2v) is 6.83. The minimum absolute atomic E-state index is 2.64. The summed E-state index contributed by atoms with van der Waals surface area (Å²) < 4.78 is 70.0. The van der Waals surface area contributed by atoms with Crippen molar-refractivity contribution in [2.45, 2.75) is 0 Å². The van der Waals surface area contributed by atoms with Crippen LogP contribution in [0.1, 0.15) is 0 Å². The van der Waals surface area contributed by atoms with Crippen molar-refractivity contribution in [3.8, 4) is 0 Å². The van der Waals surface area contributed by atoms with E-state index >= 15 is 0 Å². The SMILES string of the molecule is F[C]1[Si](F)(F)[C](F)[Si]1(F)F. The van der Waals surface area contributed by atoms with Crippen LogP contribution >= 0.6 is 0 Å². The van der Waals surface area contributed by atoms with Gasteiger partial charge in [0.2, 0.25) is 0 Å². The molecule has 8 heteroatoms. The molecule has 0 saturated carbocycles. The Morgan fingerprint density at radius 2 is 0.900 bits per heavy atom. The fraction of sp³-hybridized carbons (Fsp3) is 0. The molecule has 0 amide bonds. The molecule has 10 heavy (non-hydrogen) atoms. The highest BCUT2D eigenvalue weighted by Gasteiger charge is 2.88. The lowest BCUT2D eigenvalue weighted by Gasteiger charge is -2.34. The van der Waals surface area contributed by atoms with Crippen LogP contribution in [0, 0.1) is 10.8 Å². The minimum atomic E-state index is -5.98. The molecule has 0 bridgehead atoms. The van der Waals surface area contributed by atoms with E-state index in [2.05, 4.69) is 0 Å². The number of hydrogen-bond acceptors (Lipinski definition) is 0. The first-order chi connectivity index (χ1) is 4.31. The Morgan fingerprint density at radius 3 is 1.00 bits per heavy atom. The highest BCUT2D eigenvalue weighted by Crippen LogP contribution is 2.56. The van der Waals surface area contributed by atoms with Crippen molar-refractivity contribution >= 4 is 17.5 Å². The van der Waals surface area contributed by atoms with Crippen molar-refractivity contribution in [1.29, 1.82) is 0 Å². The second-order valence-electron chi connectivity index (χ2n) is 1.78. The Hall–Kier alpha value is 0.0138. The molecule has 0 aromatic heterocycles. The molecule has 0 N–H and O–H groups in total. The summed E-state index contributed by atoms with van der Waals surface area (Å²) in [6, 6.07) is 0. The summed E-state index contributed by atoms with van der Waals surface area (Å²) in [5.74, 6) is 0. The van der Waals surface area contributed by atoms with Crippen LogP contribution in [0.15, 0.2) is 0 Å². The van der Waals surface area contributed by atoms with E-state index in [4.69, 9.17) is 0 Å². The summed E-state index contributed by atoms with van der Waals surface area (Å²) >= 11 is 0. The average molecular weight is 194 g/mol. The predicted molar refractivity (Wildman–Crippen MR) is 24.6 cm³/mol. The molecular formula is C2F6Si2. The summed E-state index contributed by atoms with van der Waals surface area (Å²) in [5, 5.41) is 0. The third kappa shape index (κ3) is 0.684. The fourth-order valence-electron chi connectivity index (χ4n) is 0.525. The monoisotopic (exact) mass is 194 g/mol. The summed E-state index contributed by atoms with van der Waals surface area (Å²) in [5.41, 5.74) is -5.28. The van der Waals surface area contributed by atoms with E-state index in [9.17, 15) is 25.2 Å². The molecule has 2 radical (unpaired) electrons. The van der Waals surface area contributed by atoms with Gasteiger partial charge < -0.3 is 0 Å². The van der Waals surface area contributed by atoms with Crippen molar-refractivity contribution in [2.75, 3.05) is 0 Å². The van der Waals surface area contributed by atoms with Gasteiger partial charge in [-0.2, -0.15) is 0 Å². The van der Waals surface area contributed by atoms with Crippen molar-refractivity contribution in [3.05, 3.63) is 10.8 Å². The standard InChI is InChI=1S/C2F6Si2/c3-1-9(5,6)2(4)10(1,7)8. The van der Waals surface area contributed by atoms with E-state index < -0.39 is 28.3 Å². The average Bonchev–Trinajstić information content (AvgIpc) is 1.84. The molecule has 58 valence electrons. The van der Waals surface area contributed by atoms with E-state index in [1.807, 2.05) is 0 Å². The molecule has 0 aliphatic carbocycles. The summed E-state index contributed by atoms with van der Waals surface area (Å²) in [4.78, 5) is 0. The van der Waals surface area contributed by atoms with E-state index in [1.165, 1.54) is 0 Å². The highest BCUT2D eigenvalue weighted by atomic mass is 28.5. The van der Waals surface area contributed by atoms with Gasteiger partial charge in [-0.1, -0.05) is 0 Å². The molecular weight excluding hydrogens is 194 g/mol. The molecule has 1 heterocycles. The van der Waals surface area contributed by atoms with Crippen LogP contribution in [0.4, 0.5) is 25.2 Å². The maximum atomic E-state index is 11.7. The van der Waals surface area contributed by atoms with Gasteiger partial charge >= 0.3 is 17.5 Å². The van der Waals surface area contributed by atoms with E-state index in [1.54, 1.807) is 0 Å². The van der Waals surface area contributed by atoms with Crippen molar-refractivity contribution < 1.29 is 25.2 Å². The quantitative estimate of drug-likeness (QED) is 0.314. The maximum absolute atomic E-state index is 11.7. The molecule has 1 saturated heterocycles. The normalized spacial score (nSPS) is 31.8. The zero-order valence-electron chi connectivity index (χ0n) is 4.27.